The summed E-state index contributed by atoms with van der Waals surface area (Å²) in [4.78, 5) is 30.6. The molecule has 7 nitrogen and oxygen atoms in total. The van der Waals surface area contributed by atoms with Crippen molar-refractivity contribution in [3.63, 3.8) is 0 Å². The van der Waals surface area contributed by atoms with E-state index in [-0.39, 0.29) is 11.4 Å². The van der Waals surface area contributed by atoms with E-state index in [0.717, 1.165) is 11.3 Å². The van der Waals surface area contributed by atoms with Crippen LogP contribution in [0.3, 0.4) is 0 Å². The standard InChI is InChI=1S/C17H14N4O3/c1-24-12-8-6-11(7-9-12)10-18-21-17(23)15-19-14-5-3-2-4-13(14)16(22)20-15/h2-10H,1H3,(H,21,23)(H,19,20,22). The van der Waals surface area contributed by atoms with Crippen LogP contribution in [0.1, 0.15) is 16.2 Å². The van der Waals surface area contributed by atoms with E-state index in [4.69, 9.17) is 4.74 Å². The van der Waals surface area contributed by atoms with Gasteiger partial charge in [0.25, 0.3) is 5.56 Å². The summed E-state index contributed by atoms with van der Waals surface area (Å²) in [5.74, 6) is 0.0438. The Morgan fingerprint density at radius 1 is 1.21 bits per heavy atom. The molecule has 0 unspecified atom stereocenters. The van der Waals surface area contributed by atoms with Gasteiger partial charge < -0.3 is 9.72 Å². The van der Waals surface area contributed by atoms with Gasteiger partial charge in [0.15, 0.2) is 0 Å². The SMILES string of the molecule is COc1ccc(C=NNC(=O)c2nc3ccccc3c(=O)[nH]2)cc1. The minimum absolute atomic E-state index is 0.0921. The summed E-state index contributed by atoms with van der Waals surface area (Å²) in [6, 6.07) is 14.0. The van der Waals surface area contributed by atoms with Gasteiger partial charge in [0, 0.05) is 0 Å². The van der Waals surface area contributed by atoms with Gasteiger partial charge in [-0.1, -0.05) is 12.1 Å². The third-order valence-corrected chi connectivity index (χ3v) is 3.32. The smallest absolute Gasteiger partial charge is 0.307 e. The zero-order chi connectivity index (χ0) is 16.9. The van der Waals surface area contributed by atoms with E-state index in [1.807, 2.05) is 0 Å². The Morgan fingerprint density at radius 2 is 1.96 bits per heavy atom. The number of ether oxygens (including phenoxy) is 1. The van der Waals surface area contributed by atoms with Crippen molar-refractivity contribution < 1.29 is 9.53 Å². The summed E-state index contributed by atoms with van der Waals surface area (Å²) in [5, 5.41) is 4.28. The lowest BCUT2D eigenvalue weighted by Crippen LogP contribution is -2.24. The molecule has 0 aliphatic rings. The number of nitrogens with zero attached hydrogens (tertiary/aromatic N) is 2. The number of para-hydroxylation sites is 1. The summed E-state index contributed by atoms with van der Waals surface area (Å²) in [6.45, 7) is 0. The summed E-state index contributed by atoms with van der Waals surface area (Å²) in [6.07, 6.45) is 1.48. The molecule has 0 aliphatic heterocycles. The van der Waals surface area contributed by atoms with E-state index in [2.05, 4.69) is 20.5 Å². The Hall–Kier alpha value is -3.48. The largest absolute Gasteiger partial charge is 0.497 e. The Bertz CT molecular complexity index is 961. The zero-order valence-corrected chi connectivity index (χ0v) is 12.8. The van der Waals surface area contributed by atoms with Gasteiger partial charge >= 0.3 is 5.91 Å². The second kappa shape index (κ2) is 6.74. The van der Waals surface area contributed by atoms with E-state index in [0.29, 0.717) is 10.9 Å². The molecular weight excluding hydrogens is 308 g/mol. The molecule has 0 fully saturated rings. The fraction of sp³-hybridized carbons (Fsp3) is 0.0588. The van der Waals surface area contributed by atoms with Crippen LogP contribution in [0.2, 0.25) is 0 Å². The topological polar surface area (TPSA) is 96.4 Å². The molecule has 0 aliphatic carbocycles. The van der Waals surface area contributed by atoms with Crippen LogP contribution in [0.4, 0.5) is 0 Å². The minimum Gasteiger partial charge on any atom is -0.497 e. The molecule has 0 spiro atoms. The molecule has 2 N–H and O–H groups in total. The van der Waals surface area contributed by atoms with Crippen molar-refractivity contribution in [2.45, 2.75) is 0 Å². The van der Waals surface area contributed by atoms with Crippen molar-refractivity contribution in [2.24, 2.45) is 5.10 Å². The summed E-state index contributed by atoms with van der Waals surface area (Å²) < 4.78 is 5.06. The average Bonchev–Trinajstić information content (AvgIpc) is 2.62. The van der Waals surface area contributed by atoms with Gasteiger partial charge in [-0.2, -0.15) is 5.10 Å². The van der Waals surface area contributed by atoms with E-state index in [9.17, 15) is 9.59 Å². The number of hydrogen-bond acceptors (Lipinski definition) is 5. The normalized spacial score (nSPS) is 10.9. The predicted octanol–water partition coefficient (Wildman–Crippen LogP) is 1.70. The number of aromatic nitrogens is 2. The number of benzene rings is 2. The fourth-order valence-corrected chi connectivity index (χ4v) is 2.10. The third-order valence-electron chi connectivity index (χ3n) is 3.32. The van der Waals surface area contributed by atoms with Crippen LogP contribution in [-0.4, -0.2) is 29.2 Å². The average molecular weight is 322 g/mol. The van der Waals surface area contributed by atoms with Gasteiger partial charge in [-0.05, 0) is 42.0 Å². The van der Waals surface area contributed by atoms with Gasteiger partial charge in [-0.15, -0.1) is 0 Å². The lowest BCUT2D eigenvalue weighted by Gasteiger charge is -2.02. The van der Waals surface area contributed by atoms with E-state index in [1.54, 1.807) is 55.6 Å². The van der Waals surface area contributed by atoms with Crippen LogP contribution in [-0.2, 0) is 0 Å². The van der Waals surface area contributed by atoms with Crippen molar-refractivity contribution >= 4 is 23.0 Å². The molecule has 1 amide bonds. The zero-order valence-electron chi connectivity index (χ0n) is 12.8. The molecule has 1 heterocycles. The molecule has 2 aromatic carbocycles. The number of hydrogen-bond donors (Lipinski definition) is 2. The Balaban J connectivity index is 1.75. The number of nitrogens with one attached hydrogen (secondary N) is 2. The highest BCUT2D eigenvalue weighted by atomic mass is 16.5. The maximum absolute atomic E-state index is 12.1. The highest BCUT2D eigenvalue weighted by molar-refractivity contribution is 5.93. The quantitative estimate of drug-likeness (QED) is 0.564. The molecule has 120 valence electrons. The molecule has 3 rings (SSSR count). The predicted molar refractivity (Wildman–Crippen MR) is 90.4 cm³/mol. The Kier molecular flexibility index (Phi) is 4.33. The molecule has 0 saturated heterocycles. The molecule has 1 aromatic heterocycles. The Morgan fingerprint density at radius 3 is 2.71 bits per heavy atom. The highest BCUT2D eigenvalue weighted by Gasteiger charge is 2.10. The highest BCUT2D eigenvalue weighted by Crippen LogP contribution is 2.09. The minimum atomic E-state index is -0.595. The van der Waals surface area contributed by atoms with Crippen molar-refractivity contribution in [2.75, 3.05) is 7.11 Å². The monoisotopic (exact) mass is 322 g/mol. The van der Waals surface area contributed by atoms with Crippen LogP contribution in [0.15, 0.2) is 58.4 Å². The summed E-state index contributed by atoms with van der Waals surface area (Å²) >= 11 is 0. The van der Waals surface area contributed by atoms with E-state index in [1.165, 1.54) is 6.21 Å². The first-order chi connectivity index (χ1) is 11.7. The summed E-state index contributed by atoms with van der Waals surface area (Å²) in [7, 11) is 1.58. The maximum atomic E-state index is 12.1. The first-order valence-corrected chi connectivity index (χ1v) is 7.14. The van der Waals surface area contributed by atoms with Gasteiger partial charge in [-0.25, -0.2) is 10.4 Å². The summed E-state index contributed by atoms with van der Waals surface area (Å²) in [5.41, 5.74) is 3.20. The van der Waals surface area contributed by atoms with Crippen molar-refractivity contribution in [1.29, 1.82) is 0 Å². The van der Waals surface area contributed by atoms with Gasteiger partial charge in [0.2, 0.25) is 5.82 Å². The number of H-pyrrole nitrogens is 1. The number of methoxy groups -OCH3 is 1. The van der Waals surface area contributed by atoms with Crippen LogP contribution in [0.5, 0.6) is 5.75 Å². The van der Waals surface area contributed by atoms with Gasteiger partial charge in [-0.3, -0.25) is 9.59 Å². The number of carbonyl (C=O) groups excluding carboxylic acids is 1. The van der Waals surface area contributed by atoms with Crippen LogP contribution in [0.25, 0.3) is 10.9 Å². The number of hydrazone groups is 1. The number of carbonyl (C=O) groups is 1. The molecule has 3 aromatic rings. The molecular formula is C17H14N4O3. The maximum Gasteiger partial charge on any atom is 0.307 e. The molecule has 0 bridgehead atoms. The number of aromatic amines is 1. The van der Waals surface area contributed by atoms with Crippen molar-refractivity contribution in [1.82, 2.24) is 15.4 Å². The molecule has 0 atom stereocenters. The molecule has 0 radical (unpaired) electrons. The van der Waals surface area contributed by atoms with E-state index >= 15 is 0 Å². The van der Waals surface area contributed by atoms with Gasteiger partial charge in [0.05, 0.1) is 24.2 Å². The third kappa shape index (κ3) is 3.30. The number of rotatable bonds is 4. The fourth-order valence-electron chi connectivity index (χ4n) is 2.10. The first kappa shape index (κ1) is 15.4. The second-order valence-corrected chi connectivity index (χ2v) is 4.90. The van der Waals surface area contributed by atoms with Crippen LogP contribution in [0, 0.1) is 0 Å². The number of amides is 1. The Labute approximate surface area is 137 Å². The van der Waals surface area contributed by atoms with Crippen molar-refractivity contribution in [3.8, 4) is 5.75 Å². The van der Waals surface area contributed by atoms with Gasteiger partial charge in [0.1, 0.15) is 5.75 Å². The second-order valence-electron chi connectivity index (χ2n) is 4.90. The lowest BCUT2D eigenvalue weighted by molar-refractivity contribution is 0.0945. The van der Waals surface area contributed by atoms with Crippen LogP contribution >= 0.6 is 0 Å². The number of fused-ring (bicyclic) bond motifs is 1. The lowest BCUT2D eigenvalue weighted by atomic mass is 10.2. The molecule has 24 heavy (non-hydrogen) atoms. The van der Waals surface area contributed by atoms with Crippen LogP contribution < -0.4 is 15.7 Å². The first-order valence-electron chi connectivity index (χ1n) is 7.14. The molecule has 0 saturated carbocycles. The molecule has 7 heteroatoms. The van der Waals surface area contributed by atoms with Crippen molar-refractivity contribution in [3.05, 3.63) is 70.3 Å². The van der Waals surface area contributed by atoms with E-state index < -0.39 is 5.91 Å².